The van der Waals surface area contributed by atoms with Gasteiger partial charge >= 0.3 is 5.97 Å². The van der Waals surface area contributed by atoms with Gasteiger partial charge in [0.1, 0.15) is 0 Å². The van der Waals surface area contributed by atoms with Crippen LogP contribution in [-0.2, 0) is 24.3 Å². The monoisotopic (exact) mass is 387 g/mol. The van der Waals surface area contributed by atoms with Crippen molar-refractivity contribution in [2.24, 2.45) is 0 Å². The second-order valence-corrected chi connectivity index (χ2v) is 7.94. The Bertz CT molecular complexity index is 915. The molecule has 0 amide bonds. The number of hydrogen-bond donors (Lipinski definition) is 0. The Balaban J connectivity index is 1.89. The van der Waals surface area contributed by atoms with Gasteiger partial charge in [-0.25, -0.2) is 13.2 Å². The molecule has 0 N–H and O–H groups in total. The lowest BCUT2D eigenvalue weighted by atomic mass is 10.0. The molecule has 0 bridgehead atoms. The summed E-state index contributed by atoms with van der Waals surface area (Å²) in [5, 5.41) is 0. The number of carbonyl (C=O) groups is 1. The first-order valence-electron chi connectivity index (χ1n) is 8.56. The van der Waals surface area contributed by atoms with E-state index < -0.39 is 16.0 Å². The minimum absolute atomic E-state index is 0.223. The van der Waals surface area contributed by atoms with Gasteiger partial charge in [0.2, 0.25) is 10.0 Å². The Labute approximate surface area is 159 Å². The highest BCUT2D eigenvalue weighted by Gasteiger charge is 2.26. The van der Waals surface area contributed by atoms with Gasteiger partial charge in [-0.3, -0.25) is 0 Å². The summed E-state index contributed by atoms with van der Waals surface area (Å²) in [4.78, 5) is 12.4. The van der Waals surface area contributed by atoms with E-state index in [4.69, 9.17) is 9.47 Å². The van der Waals surface area contributed by atoms with Gasteiger partial charge in [0.15, 0.2) is 0 Å². The second kappa shape index (κ2) is 8.47. The number of esters is 1. The molecule has 3 rings (SSSR count). The van der Waals surface area contributed by atoms with E-state index in [1.165, 1.54) is 11.4 Å². The summed E-state index contributed by atoms with van der Waals surface area (Å²) in [7, 11) is -2.21. The van der Waals surface area contributed by atoms with Crippen molar-refractivity contribution in [1.82, 2.24) is 4.31 Å². The van der Waals surface area contributed by atoms with E-state index in [-0.39, 0.29) is 4.90 Å². The van der Waals surface area contributed by atoms with Gasteiger partial charge in [0, 0.05) is 13.1 Å². The molecule has 0 aliphatic carbocycles. The number of ether oxygens (including phenoxy) is 2. The molecule has 7 heteroatoms. The number of rotatable bonds is 5. The zero-order valence-electron chi connectivity index (χ0n) is 15.0. The van der Waals surface area contributed by atoms with E-state index in [2.05, 4.69) is 0 Å². The average molecular weight is 387 g/mol. The molecule has 0 atom stereocenters. The summed E-state index contributed by atoms with van der Waals surface area (Å²) in [5.74, 6) is -0.453. The summed E-state index contributed by atoms with van der Waals surface area (Å²) in [6.45, 7) is 1.51. The van der Waals surface area contributed by atoms with Crippen LogP contribution in [0.4, 0.5) is 0 Å². The molecule has 0 aromatic heterocycles. The number of morpholine rings is 1. The first-order valence-corrected chi connectivity index (χ1v) is 10.00. The first-order chi connectivity index (χ1) is 13.0. The Hall–Kier alpha value is -2.48. The highest BCUT2D eigenvalue weighted by Crippen LogP contribution is 2.22. The largest absolute Gasteiger partial charge is 0.465 e. The molecule has 2 aromatic carbocycles. The standard InChI is InChI=1S/C20H21NO5S/c1-25-20(22)19(17-5-3-2-4-6-17)15-16-7-9-18(10-8-16)27(23,24)21-11-13-26-14-12-21/h2-10,15H,11-14H2,1H3/b19-15+. The first kappa shape index (κ1) is 19.3. The van der Waals surface area contributed by atoms with Crippen LogP contribution < -0.4 is 0 Å². The SMILES string of the molecule is COC(=O)/C(=C/c1ccc(S(=O)(=O)N2CCOCC2)cc1)c1ccccc1. The quantitative estimate of drug-likeness (QED) is 0.448. The molecule has 142 valence electrons. The summed E-state index contributed by atoms with van der Waals surface area (Å²) in [6.07, 6.45) is 1.69. The van der Waals surface area contributed by atoms with Crippen molar-refractivity contribution in [1.29, 1.82) is 0 Å². The molecule has 1 heterocycles. The van der Waals surface area contributed by atoms with Crippen LogP contribution in [0, 0.1) is 0 Å². The predicted molar refractivity (Wildman–Crippen MR) is 102 cm³/mol. The van der Waals surface area contributed by atoms with Crippen LogP contribution in [0.1, 0.15) is 11.1 Å². The fourth-order valence-electron chi connectivity index (χ4n) is 2.83. The summed E-state index contributed by atoms with van der Waals surface area (Å²) in [5.41, 5.74) is 1.84. The highest BCUT2D eigenvalue weighted by molar-refractivity contribution is 7.89. The van der Waals surface area contributed by atoms with Crippen molar-refractivity contribution in [2.75, 3.05) is 33.4 Å². The van der Waals surface area contributed by atoms with Crippen molar-refractivity contribution in [2.45, 2.75) is 4.90 Å². The van der Waals surface area contributed by atoms with Crippen LogP contribution >= 0.6 is 0 Å². The third kappa shape index (κ3) is 4.44. The van der Waals surface area contributed by atoms with Gasteiger partial charge in [-0.2, -0.15) is 4.31 Å². The maximum absolute atomic E-state index is 12.7. The summed E-state index contributed by atoms with van der Waals surface area (Å²) >= 11 is 0. The van der Waals surface area contributed by atoms with Crippen molar-refractivity contribution >= 4 is 27.6 Å². The molecule has 0 saturated carbocycles. The van der Waals surface area contributed by atoms with Crippen molar-refractivity contribution in [3.05, 3.63) is 65.7 Å². The molecule has 1 fully saturated rings. The fourth-order valence-corrected chi connectivity index (χ4v) is 4.23. The van der Waals surface area contributed by atoms with E-state index >= 15 is 0 Å². The number of benzene rings is 2. The minimum atomic E-state index is -3.54. The Kier molecular flexibility index (Phi) is 6.05. The minimum Gasteiger partial charge on any atom is -0.465 e. The maximum Gasteiger partial charge on any atom is 0.338 e. The van der Waals surface area contributed by atoms with Crippen LogP contribution in [0.15, 0.2) is 59.5 Å². The normalized spacial score (nSPS) is 16.1. The number of sulfonamides is 1. The third-order valence-corrected chi connectivity index (χ3v) is 6.20. The van der Waals surface area contributed by atoms with Gasteiger partial charge in [0.05, 0.1) is 30.8 Å². The lowest BCUT2D eigenvalue weighted by Crippen LogP contribution is -2.40. The van der Waals surface area contributed by atoms with Crippen LogP contribution in [-0.4, -0.2) is 52.1 Å². The van der Waals surface area contributed by atoms with E-state index in [0.717, 1.165) is 5.56 Å². The molecule has 0 spiro atoms. The van der Waals surface area contributed by atoms with Crippen molar-refractivity contribution in [3.63, 3.8) is 0 Å². The molecular formula is C20H21NO5S. The lowest BCUT2D eigenvalue weighted by Gasteiger charge is -2.26. The Morgan fingerprint density at radius 2 is 1.67 bits per heavy atom. The number of methoxy groups -OCH3 is 1. The van der Waals surface area contributed by atoms with Gasteiger partial charge in [-0.1, -0.05) is 42.5 Å². The Morgan fingerprint density at radius 3 is 2.26 bits per heavy atom. The molecule has 0 unspecified atom stereocenters. The zero-order chi connectivity index (χ0) is 19.3. The summed E-state index contributed by atoms with van der Waals surface area (Å²) < 4.78 is 36.9. The van der Waals surface area contributed by atoms with Gasteiger partial charge < -0.3 is 9.47 Å². The van der Waals surface area contributed by atoms with E-state index in [0.29, 0.717) is 37.4 Å². The van der Waals surface area contributed by atoms with Crippen molar-refractivity contribution < 1.29 is 22.7 Å². The lowest BCUT2D eigenvalue weighted by molar-refractivity contribution is -0.133. The van der Waals surface area contributed by atoms with Crippen LogP contribution in [0.25, 0.3) is 11.6 Å². The number of hydrogen-bond acceptors (Lipinski definition) is 5. The van der Waals surface area contributed by atoms with Crippen LogP contribution in [0.2, 0.25) is 0 Å². The highest BCUT2D eigenvalue weighted by atomic mass is 32.2. The molecule has 6 nitrogen and oxygen atoms in total. The molecule has 1 aliphatic heterocycles. The van der Waals surface area contributed by atoms with Gasteiger partial charge in [-0.15, -0.1) is 0 Å². The van der Waals surface area contributed by atoms with Crippen LogP contribution in [0.5, 0.6) is 0 Å². The average Bonchev–Trinajstić information content (AvgIpc) is 2.73. The summed E-state index contributed by atoms with van der Waals surface area (Å²) in [6, 6.07) is 15.6. The third-order valence-electron chi connectivity index (χ3n) is 4.29. The Morgan fingerprint density at radius 1 is 1.04 bits per heavy atom. The van der Waals surface area contributed by atoms with Gasteiger partial charge in [0.25, 0.3) is 0 Å². The molecule has 1 aliphatic rings. The predicted octanol–water partition coefficient (Wildman–Crippen LogP) is 2.42. The number of nitrogens with zero attached hydrogens (tertiary/aromatic N) is 1. The maximum atomic E-state index is 12.7. The fraction of sp³-hybridized carbons (Fsp3) is 0.250. The molecule has 27 heavy (non-hydrogen) atoms. The second-order valence-electron chi connectivity index (χ2n) is 6.00. The zero-order valence-corrected chi connectivity index (χ0v) is 15.8. The smallest absolute Gasteiger partial charge is 0.338 e. The van der Waals surface area contributed by atoms with E-state index in [9.17, 15) is 13.2 Å². The molecule has 1 saturated heterocycles. The van der Waals surface area contributed by atoms with Gasteiger partial charge in [-0.05, 0) is 29.3 Å². The van der Waals surface area contributed by atoms with E-state index in [1.54, 1.807) is 30.3 Å². The van der Waals surface area contributed by atoms with E-state index in [1.807, 2.05) is 30.3 Å². The molecule has 0 radical (unpaired) electrons. The molecular weight excluding hydrogens is 366 g/mol. The van der Waals surface area contributed by atoms with Crippen LogP contribution in [0.3, 0.4) is 0 Å². The molecule has 2 aromatic rings. The number of carbonyl (C=O) groups excluding carboxylic acids is 1. The van der Waals surface area contributed by atoms with Crippen molar-refractivity contribution in [3.8, 4) is 0 Å². The topological polar surface area (TPSA) is 72.9 Å².